The minimum Gasteiger partial charge on any atom is -0.293 e. The summed E-state index contributed by atoms with van der Waals surface area (Å²) in [5.41, 5.74) is 0. The van der Waals surface area contributed by atoms with Gasteiger partial charge in [-0.25, -0.2) is 0 Å². The van der Waals surface area contributed by atoms with Crippen molar-refractivity contribution in [2.75, 3.05) is 0 Å². The van der Waals surface area contributed by atoms with Crippen LogP contribution in [0.4, 0.5) is 87.8 Å². The van der Waals surface area contributed by atoms with Crippen molar-refractivity contribution in [3.8, 4) is 0 Å². The molecule has 0 aromatic heterocycles. The van der Waals surface area contributed by atoms with Crippen molar-refractivity contribution < 1.29 is 92.6 Å². The van der Waals surface area contributed by atoms with Crippen LogP contribution >= 0.6 is 0 Å². The van der Waals surface area contributed by atoms with Crippen LogP contribution in [0, 0.1) is 0 Å². The van der Waals surface area contributed by atoms with Crippen molar-refractivity contribution in [3.05, 3.63) is 0 Å². The van der Waals surface area contributed by atoms with Gasteiger partial charge in [0, 0.05) is 13.8 Å². The molecule has 0 spiro atoms. The molecule has 0 heterocycles. The first-order valence-corrected chi connectivity index (χ1v) is 7.48. The van der Waals surface area contributed by atoms with Gasteiger partial charge in [-0.05, 0) is 0 Å². The van der Waals surface area contributed by atoms with Crippen LogP contribution in [0.1, 0.15) is 13.8 Å². The predicted molar refractivity (Wildman–Crippen MR) is 65.8 cm³/mol. The van der Waals surface area contributed by atoms with Gasteiger partial charge in [0.2, 0.25) is 5.78 Å². The van der Waals surface area contributed by atoms with Crippen molar-refractivity contribution in [2.24, 2.45) is 0 Å². The molecule has 0 aromatic rings. The average Bonchev–Trinajstić information content (AvgIpc) is 2.58. The van der Waals surface area contributed by atoms with Crippen LogP contribution in [0.2, 0.25) is 0 Å². The number of carbonyl (C=O) groups is 1. The number of halogens is 20. The smallest absolute Gasteiger partial charge is 0.293 e. The van der Waals surface area contributed by atoms with E-state index in [1.54, 1.807) is 0 Å². The molecule has 0 unspecified atom stereocenters. The third-order valence-electron chi connectivity index (χ3n) is 4.15. The molecule has 0 aromatic carbocycles. The fraction of sp³-hybridized carbons (Fsp3) is 0.923. The standard InChI is InChI=1S/C13H6F20O/c1-3(34)5(16,17)7(20,21)9(24,25)11(28,29)13(32,33)12(30,31)10(26,27)8(22,23)6(18,19)4(2,14)15/h1-2H3. The maximum atomic E-state index is 13.4. The van der Waals surface area contributed by atoms with Crippen molar-refractivity contribution in [3.63, 3.8) is 0 Å². The van der Waals surface area contributed by atoms with Gasteiger partial charge < -0.3 is 0 Å². The van der Waals surface area contributed by atoms with Gasteiger partial charge in [0.05, 0.1) is 0 Å². The highest BCUT2D eigenvalue weighted by atomic mass is 19.4. The average molecular weight is 558 g/mol. The van der Waals surface area contributed by atoms with Gasteiger partial charge in [-0.15, -0.1) is 0 Å². The van der Waals surface area contributed by atoms with E-state index in [0.717, 1.165) is 0 Å². The van der Waals surface area contributed by atoms with Gasteiger partial charge in [-0.1, -0.05) is 0 Å². The summed E-state index contributed by atoms with van der Waals surface area (Å²) in [4.78, 5) is 10.3. The molecular formula is C13H6F20O. The van der Waals surface area contributed by atoms with E-state index in [1.165, 1.54) is 0 Å². The molecule has 0 atom stereocenters. The molecule has 0 radical (unpaired) electrons. The molecular weight excluding hydrogens is 552 g/mol. The van der Waals surface area contributed by atoms with E-state index in [0.29, 0.717) is 0 Å². The number of rotatable bonds is 10. The number of Topliss-reactive ketones (excluding diaryl/α,β-unsaturated/α-hetero) is 1. The maximum absolute atomic E-state index is 13.4. The van der Waals surface area contributed by atoms with Gasteiger partial charge in [-0.2, -0.15) is 87.8 Å². The third-order valence-corrected chi connectivity index (χ3v) is 4.15. The van der Waals surface area contributed by atoms with E-state index in [-0.39, 0.29) is 0 Å². The minimum atomic E-state index is -9.08. The first-order chi connectivity index (χ1) is 14.2. The third kappa shape index (κ3) is 3.57. The number of ketones is 1. The summed E-state index contributed by atoms with van der Waals surface area (Å²) >= 11 is 0. The second-order valence-corrected chi connectivity index (χ2v) is 6.61. The minimum absolute atomic E-state index is 0.753. The summed E-state index contributed by atoms with van der Waals surface area (Å²) < 4.78 is 263. The Labute approximate surface area is 173 Å². The Kier molecular flexibility index (Phi) is 7.24. The predicted octanol–water partition coefficient (Wildman–Crippen LogP) is 6.95. The normalized spacial score (nSPS) is 16.6. The molecule has 0 aliphatic rings. The number of hydrogen-bond acceptors (Lipinski definition) is 1. The molecule has 0 rings (SSSR count). The Bertz CT molecular complexity index is 787. The first-order valence-electron chi connectivity index (χ1n) is 7.48. The molecule has 21 heteroatoms. The lowest BCUT2D eigenvalue weighted by molar-refractivity contribution is -0.466. The summed E-state index contributed by atoms with van der Waals surface area (Å²) in [6, 6.07) is 0. The quantitative estimate of drug-likeness (QED) is 0.266. The molecule has 0 saturated carbocycles. The Morgan fingerprint density at radius 3 is 0.735 bits per heavy atom. The summed E-state index contributed by atoms with van der Waals surface area (Å²) in [6.07, 6.45) is 0. The van der Waals surface area contributed by atoms with Crippen LogP contribution in [-0.4, -0.2) is 65.0 Å². The second kappa shape index (κ2) is 7.63. The number of alkyl halides is 20. The summed E-state index contributed by atoms with van der Waals surface area (Å²) in [5, 5.41) is 0. The van der Waals surface area contributed by atoms with Crippen molar-refractivity contribution in [1.82, 2.24) is 0 Å². The highest BCUT2D eigenvalue weighted by Gasteiger charge is 2.97. The SMILES string of the molecule is CC(=O)C(F)(F)C(F)(F)C(F)(F)C(F)(F)C(F)(F)C(F)(F)C(F)(F)C(F)(F)C(F)(F)C(C)(F)F. The summed E-state index contributed by atoms with van der Waals surface area (Å²) in [6.45, 7) is -2.14. The first kappa shape index (κ1) is 32.3. The Morgan fingerprint density at radius 1 is 0.382 bits per heavy atom. The highest BCUT2D eigenvalue weighted by molar-refractivity contribution is 5.84. The van der Waals surface area contributed by atoms with E-state index in [4.69, 9.17) is 0 Å². The van der Waals surface area contributed by atoms with Crippen molar-refractivity contribution in [1.29, 1.82) is 0 Å². The van der Waals surface area contributed by atoms with Crippen LogP contribution in [0.25, 0.3) is 0 Å². The van der Waals surface area contributed by atoms with E-state index < -0.39 is 78.9 Å². The van der Waals surface area contributed by atoms with Gasteiger partial charge in [0.15, 0.2) is 0 Å². The molecule has 0 bridgehead atoms. The summed E-state index contributed by atoms with van der Waals surface area (Å²) in [5.74, 6) is -86.2. The molecule has 0 fully saturated rings. The summed E-state index contributed by atoms with van der Waals surface area (Å²) in [7, 11) is 0. The molecule has 34 heavy (non-hydrogen) atoms. The van der Waals surface area contributed by atoms with Crippen LogP contribution in [0.5, 0.6) is 0 Å². The van der Waals surface area contributed by atoms with Crippen LogP contribution in [0.3, 0.4) is 0 Å². The lowest BCUT2D eigenvalue weighted by Crippen LogP contribution is -2.77. The number of hydrogen-bond donors (Lipinski definition) is 0. The van der Waals surface area contributed by atoms with Crippen LogP contribution in [0.15, 0.2) is 0 Å². The maximum Gasteiger partial charge on any atom is 0.385 e. The monoisotopic (exact) mass is 558 g/mol. The fourth-order valence-electron chi connectivity index (χ4n) is 1.88. The van der Waals surface area contributed by atoms with Crippen molar-refractivity contribution in [2.45, 2.75) is 73.1 Å². The molecule has 1 nitrogen and oxygen atoms in total. The second-order valence-electron chi connectivity index (χ2n) is 6.61. The lowest BCUT2D eigenvalue weighted by Gasteiger charge is -2.44. The highest BCUT2D eigenvalue weighted by Crippen LogP contribution is 2.66. The van der Waals surface area contributed by atoms with E-state index >= 15 is 0 Å². The zero-order chi connectivity index (χ0) is 28.6. The zero-order valence-electron chi connectivity index (χ0n) is 15.5. The molecule has 204 valence electrons. The molecule has 0 aliphatic heterocycles. The molecule has 0 N–H and O–H groups in total. The molecule has 0 amide bonds. The lowest BCUT2D eigenvalue weighted by atomic mass is 9.85. The van der Waals surface area contributed by atoms with E-state index in [1.807, 2.05) is 0 Å². The van der Waals surface area contributed by atoms with E-state index in [9.17, 15) is 92.6 Å². The van der Waals surface area contributed by atoms with Gasteiger partial charge in [0.1, 0.15) is 0 Å². The van der Waals surface area contributed by atoms with Crippen LogP contribution < -0.4 is 0 Å². The topological polar surface area (TPSA) is 17.1 Å². The Morgan fingerprint density at radius 2 is 0.559 bits per heavy atom. The largest absolute Gasteiger partial charge is 0.385 e. The molecule has 0 aliphatic carbocycles. The molecule has 0 saturated heterocycles. The van der Waals surface area contributed by atoms with Crippen LogP contribution in [-0.2, 0) is 4.79 Å². The van der Waals surface area contributed by atoms with Gasteiger partial charge in [0.25, 0.3) is 0 Å². The van der Waals surface area contributed by atoms with Gasteiger partial charge >= 0.3 is 59.2 Å². The Balaban J connectivity index is 7.11. The fourth-order valence-corrected chi connectivity index (χ4v) is 1.88. The van der Waals surface area contributed by atoms with Crippen molar-refractivity contribution >= 4 is 5.78 Å². The Hall–Kier alpha value is -1.73. The van der Waals surface area contributed by atoms with E-state index in [2.05, 4.69) is 0 Å². The number of carbonyl (C=O) groups excluding carboxylic acids is 1. The van der Waals surface area contributed by atoms with Gasteiger partial charge in [-0.3, -0.25) is 4.79 Å². The zero-order valence-corrected chi connectivity index (χ0v) is 15.5.